The Kier molecular flexibility index (Phi) is 5.07. The molecule has 0 saturated heterocycles. The average molecular weight is 279 g/mol. The molecule has 0 aromatic heterocycles. The predicted octanol–water partition coefficient (Wildman–Crippen LogP) is 3.42. The van der Waals surface area contributed by atoms with Gasteiger partial charge in [-0.25, -0.2) is 0 Å². The van der Waals surface area contributed by atoms with Gasteiger partial charge in [-0.2, -0.15) is 26.3 Å². The summed E-state index contributed by atoms with van der Waals surface area (Å²) >= 11 is 0. The lowest BCUT2D eigenvalue weighted by molar-refractivity contribution is -0.326. The van der Waals surface area contributed by atoms with Crippen molar-refractivity contribution in [3.8, 4) is 0 Å². The third-order valence-corrected chi connectivity index (χ3v) is 2.88. The molecule has 0 aliphatic heterocycles. The Morgan fingerprint density at radius 2 is 1.44 bits per heavy atom. The zero-order valence-electron chi connectivity index (χ0n) is 10.2. The van der Waals surface area contributed by atoms with Crippen LogP contribution in [-0.2, 0) is 4.79 Å². The maximum absolute atomic E-state index is 12.7. The molecule has 0 fully saturated rings. The summed E-state index contributed by atoms with van der Waals surface area (Å²) in [5, 5.41) is 1.76. The standard InChI is InChI=1S/C10H15F6NO/c1-4-6(3)17-7(18)8(5-2,9(11,12)13)10(14,15)16/h6H,4-5H2,1-3H3,(H,17,18)/t6-/m1/s1. The first-order valence-corrected chi connectivity index (χ1v) is 5.38. The molecule has 1 N–H and O–H groups in total. The summed E-state index contributed by atoms with van der Waals surface area (Å²) in [4.78, 5) is 11.4. The van der Waals surface area contributed by atoms with E-state index in [0.29, 0.717) is 6.92 Å². The summed E-state index contributed by atoms with van der Waals surface area (Å²) in [6.45, 7) is 3.57. The van der Waals surface area contributed by atoms with Crippen LogP contribution in [0, 0.1) is 5.41 Å². The van der Waals surface area contributed by atoms with Crippen LogP contribution in [-0.4, -0.2) is 24.3 Å². The van der Waals surface area contributed by atoms with Gasteiger partial charge in [-0.3, -0.25) is 4.79 Å². The van der Waals surface area contributed by atoms with E-state index in [-0.39, 0.29) is 6.42 Å². The van der Waals surface area contributed by atoms with Gasteiger partial charge in [-0.05, 0) is 19.8 Å². The molecule has 0 bridgehead atoms. The minimum atomic E-state index is -5.68. The van der Waals surface area contributed by atoms with Crippen molar-refractivity contribution < 1.29 is 31.1 Å². The second-order valence-electron chi connectivity index (χ2n) is 4.04. The van der Waals surface area contributed by atoms with Crippen LogP contribution >= 0.6 is 0 Å². The average Bonchev–Trinajstić information content (AvgIpc) is 2.14. The molecule has 0 aromatic rings. The Bertz CT molecular complexity index is 282. The zero-order chi connectivity index (χ0) is 14.8. The molecule has 0 spiro atoms. The van der Waals surface area contributed by atoms with Crippen LogP contribution in [0.5, 0.6) is 0 Å². The second-order valence-corrected chi connectivity index (χ2v) is 4.04. The normalized spacial score (nSPS) is 15.4. The van der Waals surface area contributed by atoms with Crippen molar-refractivity contribution >= 4 is 5.91 Å². The number of carbonyl (C=O) groups excluding carboxylic acids is 1. The van der Waals surface area contributed by atoms with Gasteiger partial charge in [0.05, 0.1) is 0 Å². The molecule has 0 radical (unpaired) electrons. The molecular weight excluding hydrogens is 264 g/mol. The van der Waals surface area contributed by atoms with E-state index in [1.807, 2.05) is 0 Å². The smallest absolute Gasteiger partial charge is 0.353 e. The first kappa shape index (κ1) is 17.1. The first-order chi connectivity index (χ1) is 7.94. The topological polar surface area (TPSA) is 29.1 Å². The van der Waals surface area contributed by atoms with Crippen LogP contribution in [0.3, 0.4) is 0 Å². The largest absolute Gasteiger partial charge is 0.412 e. The monoisotopic (exact) mass is 279 g/mol. The fraction of sp³-hybridized carbons (Fsp3) is 0.900. The molecule has 1 amide bonds. The Labute approximate surface area is 101 Å². The van der Waals surface area contributed by atoms with Crippen molar-refractivity contribution in [3.05, 3.63) is 0 Å². The summed E-state index contributed by atoms with van der Waals surface area (Å²) in [6, 6.07) is -0.756. The van der Waals surface area contributed by atoms with Gasteiger partial charge in [0.1, 0.15) is 0 Å². The van der Waals surface area contributed by atoms with Crippen LogP contribution in [0.15, 0.2) is 0 Å². The van der Waals surface area contributed by atoms with Gasteiger partial charge in [-0.15, -0.1) is 0 Å². The SMILES string of the molecule is CC[C@@H](C)NC(=O)C(CC)(C(F)(F)F)C(F)(F)F. The highest BCUT2D eigenvalue weighted by Crippen LogP contribution is 2.52. The number of amides is 1. The van der Waals surface area contributed by atoms with Crippen molar-refractivity contribution in [2.45, 2.75) is 52.0 Å². The van der Waals surface area contributed by atoms with Gasteiger partial charge in [0.25, 0.3) is 0 Å². The number of hydrogen-bond donors (Lipinski definition) is 1. The van der Waals surface area contributed by atoms with E-state index in [0.717, 1.165) is 0 Å². The maximum Gasteiger partial charge on any atom is 0.412 e. The summed E-state index contributed by atoms with van der Waals surface area (Å²) in [5.74, 6) is -2.04. The van der Waals surface area contributed by atoms with Gasteiger partial charge in [-0.1, -0.05) is 13.8 Å². The Morgan fingerprint density at radius 3 is 1.67 bits per heavy atom. The molecule has 8 heteroatoms. The van der Waals surface area contributed by atoms with Gasteiger partial charge >= 0.3 is 12.4 Å². The maximum atomic E-state index is 12.7. The molecule has 0 unspecified atom stereocenters. The molecule has 18 heavy (non-hydrogen) atoms. The van der Waals surface area contributed by atoms with Crippen molar-refractivity contribution in [1.29, 1.82) is 0 Å². The van der Waals surface area contributed by atoms with Crippen LogP contribution in [0.1, 0.15) is 33.6 Å². The second kappa shape index (κ2) is 5.36. The molecule has 0 saturated carbocycles. The fourth-order valence-corrected chi connectivity index (χ4v) is 1.43. The van der Waals surface area contributed by atoms with Gasteiger partial charge in [0.2, 0.25) is 11.3 Å². The highest BCUT2D eigenvalue weighted by atomic mass is 19.4. The van der Waals surface area contributed by atoms with Crippen molar-refractivity contribution in [1.82, 2.24) is 5.32 Å². The lowest BCUT2D eigenvalue weighted by Gasteiger charge is -2.35. The lowest BCUT2D eigenvalue weighted by atomic mass is 9.82. The van der Waals surface area contributed by atoms with E-state index in [4.69, 9.17) is 0 Å². The summed E-state index contributed by atoms with van der Waals surface area (Å²) < 4.78 is 76.2. The minimum absolute atomic E-state index is 0.237. The molecule has 2 nitrogen and oxygen atoms in total. The Balaban J connectivity index is 5.55. The van der Waals surface area contributed by atoms with Gasteiger partial charge in [0.15, 0.2) is 0 Å². The number of nitrogens with one attached hydrogen (secondary N) is 1. The van der Waals surface area contributed by atoms with E-state index in [2.05, 4.69) is 0 Å². The first-order valence-electron chi connectivity index (χ1n) is 5.38. The number of rotatable bonds is 4. The van der Waals surface area contributed by atoms with E-state index >= 15 is 0 Å². The lowest BCUT2D eigenvalue weighted by Crippen LogP contribution is -2.60. The number of halogens is 6. The third kappa shape index (κ3) is 2.89. The van der Waals surface area contributed by atoms with Crippen molar-refractivity contribution in [2.75, 3.05) is 0 Å². The molecule has 108 valence electrons. The predicted molar refractivity (Wildman–Crippen MR) is 52.7 cm³/mol. The Hall–Kier alpha value is -0.950. The third-order valence-electron chi connectivity index (χ3n) is 2.88. The van der Waals surface area contributed by atoms with E-state index < -0.39 is 36.1 Å². The minimum Gasteiger partial charge on any atom is -0.353 e. The van der Waals surface area contributed by atoms with E-state index in [9.17, 15) is 31.1 Å². The van der Waals surface area contributed by atoms with E-state index in [1.54, 1.807) is 12.2 Å². The fourth-order valence-electron chi connectivity index (χ4n) is 1.43. The van der Waals surface area contributed by atoms with Gasteiger partial charge in [0, 0.05) is 6.04 Å². The molecule has 0 aromatic carbocycles. The molecule has 1 atom stereocenters. The van der Waals surface area contributed by atoms with Crippen molar-refractivity contribution in [3.63, 3.8) is 0 Å². The number of hydrogen-bond acceptors (Lipinski definition) is 1. The Morgan fingerprint density at radius 1 is 1.06 bits per heavy atom. The van der Waals surface area contributed by atoms with Crippen LogP contribution in [0.4, 0.5) is 26.3 Å². The summed E-state index contributed by atoms with van der Waals surface area (Å²) in [7, 11) is 0. The highest BCUT2D eigenvalue weighted by Gasteiger charge is 2.74. The summed E-state index contributed by atoms with van der Waals surface area (Å²) in [6.07, 6.45) is -12.5. The molecule has 0 aliphatic rings. The number of alkyl halides is 6. The van der Waals surface area contributed by atoms with Gasteiger partial charge < -0.3 is 5.32 Å². The van der Waals surface area contributed by atoms with Crippen LogP contribution < -0.4 is 5.32 Å². The highest BCUT2D eigenvalue weighted by molar-refractivity contribution is 5.84. The van der Waals surface area contributed by atoms with E-state index in [1.165, 1.54) is 6.92 Å². The van der Waals surface area contributed by atoms with Crippen molar-refractivity contribution in [2.24, 2.45) is 5.41 Å². The van der Waals surface area contributed by atoms with Crippen LogP contribution in [0.2, 0.25) is 0 Å². The molecule has 0 aliphatic carbocycles. The zero-order valence-corrected chi connectivity index (χ0v) is 10.2. The molecular formula is C10H15F6NO. The number of carbonyl (C=O) groups is 1. The molecule has 0 heterocycles. The molecule has 0 rings (SSSR count). The van der Waals surface area contributed by atoms with Crippen LogP contribution in [0.25, 0.3) is 0 Å². The summed E-state index contributed by atoms with van der Waals surface area (Å²) in [5.41, 5.74) is -4.34. The quantitative estimate of drug-likeness (QED) is 0.785.